The number of rotatable bonds is 4. The zero-order chi connectivity index (χ0) is 15.5. The van der Waals surface area contributed by atoms with E-state index >= 15 is 0 Å². The Balaban J connectivity index is 0.00000242. The molecule has 2 N–H and O–H groups in total. The van der Waals surface area contributed by atoms with Gasteiger partial charge in [0.2, 0.25) is 10.0 Å². The predicted octanol–water partition coefficient (Wildman–Crippen LogP) is 1.80. The van der Waals surface area contributed by atoms with Crippen molar-refractivity contribution in [3.8, 4) is 0 Å². The van der Waals surface area contributed by atoms with Crippen molar-refractivity contribution in [2.75, 3.05) is 19.6 Å². The lowest BCUT2D eigenvalue weighted by atomic mass is 10.0. The molecule has 1 aromatic heterocycles. The molecule has 22 heavy (non-hydrogen) atoms. The summed E-state index contributed by atoms with van der Waals surface area (Å²) in [5.41, 5.74) is -1.11. The molecule has 0 bridgehead atoms. The Labute approximate surface area is 133 Å². The normalized spacial score (nSPS) is 19.5. The first-order valence-electron chi connectivity index (χ1n) is 6.53. The number of pyridine rings is 1. The predicted molar refractivity (Wildman–Crippen MR) is 77.3 cm³/mol. The first kappa shape index (κ1) is 19.1. The van der Waals surface area contributed by atoms with E-state index in [1.54, 1.807) is 0 Å². The zero-order valence-corrected chi connectivity index (χ0v) is 13.2. The van der Waals surface area contributed by atoms with Crippen LogP contribution in [-0.2, 0) is 16.2 Å². The monoisotopic (exact) mass is 359 g/mol. The van der Waals surface area contributed by atoms with Crippen LogP contribution in [0.4, 0.5) is 13.2 Å². The van der Waals surface area contributed by atoms with Gasteiger partial charge in [0.25, 0.3) is 0 Å². The van der Waals surface area contributed by atoms with Crippen LogP contribution in [0, 0.1) is 5.92 Å². The van der Waals surface area contributed by atoms with Crippen molar-refractivity contribution in [3.63, 3.8) is 0 Å². The SMILES string of the molecule is Cl.O=S(=O)(NCC1CCCNC1)c1ccc(C(F)(F)F)nc1. The van der Waals surface area contributed by atoms with E-state index in [1.165, 1.54) is 0 Å². The average Bonchev–Trinajstić information content (AvgIpc) is 2.46. The summed E-state index contributed by atoms with van der Waals surface area (Å²) in [6, 6.07) is 1.58. The van der Waals surface area contributed by atoms with E-state index in [2.05, 4.69) is 15.0 Å². The molecule has 0 radical (unpaired) electrons. The fourth-order valence-electron chi connectivity index (χ4n) is 2.12. The summed E-state index contributed by atoms with van der Waals surface area (Å²) < 4.78 is 63.5. The van der Waals surface area contributed by atoms with Crippen molar-refractivity contribution < 1.29 is 21.6 Å². The largest absolute Gasteiger partial charge is 0.433 e. The van der Waals surface area contributed by atoms with Gasteiger partial charge in [-0.3, -0.25) is 4.98 Å². The maximum Gasteiger partial charge on any atom is 0.433 e. The Hall–Kier alpha value is -0.900. The summed E-state index contributed by atoms with van der Waals surface area (Å²) in [4.78, 5) is 2.89. The lowest BCUT2D eigenvalue weighted by molar-refractivity contribution is -0.141. The van der Waals surface area contributed by atoms with Gasteiger partial charge in [-0.25, -0.2) is 13.1 Å². The van der Waals surface area contributed by atoms with Crippen LogP contribution in [0.5, 0.6) is 0 Å². The number of sulfonamides is 1. The molecule has 0 aliphatic carbocycles. The van der Waals surface area contributed by atoms with E-state index in [0.29, 0.717) is 6.07 Å². The molecule has 1 atom stereocenters. The molecule has 1 fully saturated rings. The number of nitrogens with zero attached hydrogens (tertiary/aromatic N) is 1. The smallest absolute Gasteiger partial charge is 0.316 e. The third-order valence-electron chi connectivity index (χ3n) is 3.30. The van der Waals surface area contributed by atoms with E-state index in [4.69, 9.17) is 0 Å². The molecule has 126 valence electrons. The van der Waals surface area contributed by atoms with Crippen LogP contribution in [0.1, 0.15) is 18.5 Å². The Morgan fingerprint density at radius 1 is 1.36 bits per heavy atom. The standard InChI is InChI=1S/C12H16F3N3O2S.ClH/c13-12(14,15)11-4-3-10(8-17-11)21(19,20)18-7-9-2-1-5-16-6-9;/h3-4,8-9,16,18H,1-2,5-7H2;1H. The third kappa shape index (κ3) is 5.08. The van der Waals surface area contributed by atoms with Gasteiger partial charge in [0.1, 0.15) is 10.6 Å². The highest BCUT2D eigenvalue weighted by Gasteiger charge is 2.32. The van der Waals surface area contributed by atoms with Crippen molar-refractivity contribution in [1.82, 2.24) is 15.0 Å². The van der Waals surface area contributed by atoms with Crippen LogP contribution in [-0.4, -0.2) is 33.0 Å². The topological polar surface area (TPSA) is 71.1 Å². The van der Waals surface area contributed by atoms with Crippen molar-refractivity contribution in [2.45, 2.75) is 23.9 Å². The molecule has 0 spiro atoms. The van der Waals surface area contributed by atoms with Gasteiger partial charge in [0, 0.05) is 12.7 Å². The number of alkyl halides is 3. The Morgan fingerprint density at radius 2 is 2.09 bits per heavy atom. The minimum Gasteiger partial charge on any atom is -0.316 e. The van der Waals surface area contributed by atoms with E-state index in [1.807, 2.05) is 0 Å². The van der Waals surface area contributed by atoms with Crippen LogP contribution >= 0.6 is 12.4 Å². The second-order valence-electron chi connectivity index (χ2n) is 4.94. The lowest BCUT2D eigenvalue weighted by Crippen LogP contribution is -2.38. The summed E-state index contributed by atoms with van der Waals surface area (Å²) in [5.74, 6) is 0.191. The first-order valence-corrected chi connectivity index (χ1v) is 8.01. The maximum atomic E-state index is 12.4. The highest BCUT2D eigenvalue weighted by atomic mass is 35.5. The second kappa shape index (κ2) is 7.58. The number of hydrogen-bond acceptors (Lipinski definition) is 4. The minimum absolute atomic E-state index is 0. The summed E-state index contributed by atoms with van der Waals surface area (Å²) in [5, 5.41) is 3.16. The van der Waals surface area contributed by atoms with E-state index in [-0.39, 0.29) is 29.8 Å². The molecule has 1 aromatic rings. The number of nitrogens with one attached hydrogen (secondary N) is 2. The van der Waals surface area contributed by atoms with Crippen molar-refractivity contribution in [3.05, 3.63) is 24.0 Å². The van der Waals surface area contributed by atoms with Crippen LogP contribution < -0.4 is 10.0 Å². The van der Waals surface area contributed by atoms with Crippen molar-refractivity contribution >= 4 is 22.4 Å². The average molecular weight is 360 g/mol. The number of hydrogen-bond donors (Lipinski definition) is 2. The van der Waals surface area contributed by atoms with Gasteiger partial charge in [0.15, 0.2) is 0 Å². The quantitative estimate of drug-likeness (QED) is 0.860. The summed E-state index contributed by atoms with van der Waals surface area (Å²) in [6.45, 7) is 1.91. The summed E-state index contributed by atoms with van der Waals surface area (Å²) in [7, 11) is -3.83. The molecule has 2 rings (SSSR count). The molecule has 1 aliphatic rings. The molecule has 10 heteroatoms. The van der Waals surface area contributed by atoms with Crippen LogP contribution in [0.15, 0.2) is 23.2 Å². The van der Waals surface area contributed by atoms with Crippen molar-refractivity contribution in [1.29, 1.82) is 0 Å². The van der Waals surface area contributed by atoms with Gasteiger partial charge in [-0.15, -0.1) is 12.4 Å². The van der Waals surface area contributed by atoms with Gasteiger partial charge < -0.3 is 5.32 Å². The molecule has 5 nitrogen and oxygen atoms in total. The molecule has 1 saturated heterocycles. The van der Waals surface area contributed by atoms with Crippen LogP contribution in [0.25, 0.3) is 0 Å². The van der Waals surface area contributed by atoms with E-state index in [0.717, 1.165) is 38.2 Å². The van der Waals surface area contributed by atoms with Gasteiger partial charge in [-0.2, -0.15) is 13.2 Å². The maximum absolute atomic E-state index is 12.4. The number of aromatic nitrogens is 1. The van der Waals surface area contributed by atoms with Crippen LogP contribution in [0.3, 0.4) is 0 Å². The first-order chi connectivity index (χ1) is 9.79. The molecule has 2 heterocycles. The van der Waals surface area contributed by atoms with Gasteiger partial charge >= 0.3 is 6.18 Å². The number of halogens is 4. The highest BCUT2D eigenvalue weighted by Crippen LogP contribution is 2.27. The summed E-state index contributed by atoms with van der Waals surface area (Å²) in [6.07, 6.45) is -1.96. The molecule has 1 unspecified atom stereocenters. The Bertz CT molecular complexity index is 572. The van der Waals surface area contributed by atoms with E-state index in [9.17, 15) is 21.6 Å². The van der Waals surface area contributed by atoms with E-state index < -0.39 is 21.9 Å². The third-order valence-corrected chi connectivity index (χ3v) is 4.71. The number of piperidine rings is 1. The molecule has 0 saturated carbocycles. The lowest BCUT2D eigenvalue weighted by Gasteiger charge is -2.22. The van der Waals surface area contributed by atoms with Gasteiger partial charge in [-0.05, 0) is 44.0 Å². The zero-order valence-electron chi connectivity index (χ0n) is 11.6. The molecule has 1 aliphatic heterocycles. The molecular formula is C12H17ClF3N3O2S. The second-order valence-corrected chi connectivity index (χ2v) is 6.71. The van der Waals surface area contributed by atoms with Gasteiger partial charge in [-0.1, -0.05) is 0 Å². The Morgan fingerprint density at radius 3 is 2.59 bits per heavy atom. The molecule has 0 amide bonds. The highest BCUT2D eigenvalue weighted by molar-refractivity contribution is 7.89. The van der Waals surface area contributed by atoms with Gasteiger partial charge in [0.05, 0.1) is 0 Å². The minimum atomic E-state index is -4.58. The molecule has 0 aromatic carbocycles. The fourth-order valence-corrected chi connectivity index (χ4v) is 3.18. The summed E-state index contributed by atoms with van der Waals surface area (Å²) >= 11 is 0. The Kier molecular flexibility index (Phi) is 6.60. The van der Waals surface area contributed by atoms with Crippen LogP contribution in [0.2, 0.25) is 0 Å². The van der Waals surface area contributed by atoms with Crippen molar-refractivity contribution in [2.24, 2.45) is 5.92 Å². The molecular weight excluding hydrogens is 343 g/mol. The fraction of sp³-hybridized carbons (Fsp3) is 0.583.